The minimum atomic E-state index is -1.08. The Morgan fingerprint density at radius 1 is 1.22 bits per heavy atom. The highest BCUT2D eigenvalue weighted by molar-refractivity contribution is 9.10. The van der Waals surface area contributed by atoms with Crippen molar-refractivity contribution in [2.24, 2.45) is 0 Å². The van der Waals surface area contributed by atoms with Gasteiger partial charge in [-0.2, -0.15) is 0 Å². The number of hydrogen-bond acceptors (Lipinski definition) is 4. The van der Waals surface area contributed by atoms with Crippen molar-refractivity contribution in [1.82, 2.24) is 5.43 Å². The highest BCUT2D eigenvalue weighted by Crippen LogP contribution is 2.29. The molecule has 1 aliphatic heterocycles. The predicted molar refractivity (Wildman–Crippen MR) is 102 cm³/mol. The second kappa shape index (κ2) is 7.63. The number of ether oxygens (including phenoxy) is 1. The van der Waals surface area contributed by atoms with Gasteiger partial charge in [0.1, 0.15) is 11.3 Å². The Morgan fingerprint density at radius 2 is 1.93 bits per heavy atom. The number of halogens is 1. The van der Waals surface area contributed by atoms with E-state index in [1.807, 2.05) is 6.07 Å². The van der Waals surface area contributed by atoms with E-state index in [9.17, 15) is 14.4 Å². The number of nitrogens with zero attached hydrogens (tertiary/aromatic N) is 1. The third-order valence-electron chi connectivity index (χ3n) is 3.82. The van der Waals surface area contributed by atoms with Crippen LogP contribution in [0.15, 0.2) is 58.6 Å². The lowest BCUT2D eigenvalue weighted by Crippen LogP contribution is -2.35. The number of carboxylic acid groups (broad SMARTS) is 1. The molecule has 138 valence electrons. The fourth-order valence-corrected chi connectivity index (χ4v) is 2.92. The monoisotopic (exact) mass is 430 g/mol. The summed E-state index contributed by atoms with van der Waals surface area (Å²) in [5.74, 6) is -1.69. The number of carboxylic acids is 1. The van der Waals surface area contributed by atoms with Gasteiger partial charge in [0.25, 0.3) is 11.8 Å². The van der Waals surface area contributed by atoms with Crippen LogP contribution in [0.25, 0.3) is 6.08 Å². The van der Waals surface area contributed by atoms with Crippen molar-refractivity contribution in [2.45, 2.75) is 13.0 Å². The smallest absolute Gasteiger partial charge is 0.344 e. The topological polar surface area (TPSA) is 95.9 Å². The molecule has 1 fully saturated rings. The summed E-state index contributed by atoms with van der Waals surface area (Å²) in [5.41, 5.74) is 3.68. The fourth-order valence-electron chi connectivity index (χ4n) is 2.43. The van der Waals surface area contributed by atoms with Gasteiger partial charge in [-0.1, -0.05) is 24.3 Å². The zero-order valence-corrected chi connectivity index (χ0v) is 15.8. The molecule has 3 rings (SSSR count). The molecule has 1 unspecified atom stereocenters. The summed E-state index contributed by atoms with van der Waals surface area (Å²) in [7, 11) is 0. The SMILES string of the molecule is CC(Oc1ccc(C=C2C(=O)NN(c3ccccc3)C2=O)cc1Br)C(=O)O. The van der Waals surface area contributed by atoms with Crippen molar-refractivity contribution in [2.75, 3.05) is 5.01 Å². The summed E-state index contributed by atoms with van der Waals surface area (Å²) in [5, 5.41) is 10.1. The highest BCUT2D eigenvalue weighted by Gasteiger charge is 2.34. The van der Waals surface area contributed by atoms with E-state index >= 15 is 0 Å². The molecule has 1 heterocycles. The van der Waals surface area contributed by atoms with E-state index in [1.54, 1.807) is 42.5 Å². The maximum Gasteiger partial charge on any atom is 0.344 e. The van der Waals surface area contributed by atoms with Crippen molar-refractivity contribution >= 4 is 45.5 Å². The molecule has 0 radical (unpaired) electrons. The van der Waals surface area contributed by atoms with Crippen LogP contribution in [0.5, 0.6) is 5.75 Å². The zero-order valence-electron chi connectivity index (χ0n) is 14.2. The molecule has 27 heavy (non-hydrogen) atoms. The number of hydrazine groups is 1. The number of amides is 2. The average molecular weight is 431 g/mol. The van der Waals surface area contributed by atoms with Crippen LogP contribution in [0.4, 0.5) is 5.69 Å². The summed E-state index contributed by atoms with van der Waals surface area (Å²) in [4.78, 5) is 35.7. The summed E-state index contributed by atoms with van der Waals surface area (Å²) in [6.07, 6.45) is 0.461. The largest absolute Gasteiger partial charge is 0.479 e. The number of carbonyl (C=O) groups excluding carboxylic acids is 2. The summed E-state index contributed by atoms with van der Waals surface area (Å²) >= 11 is 3.31. The standard InChI is InChI=1S/C19H15BrN2O5/c1-11(19(25)26)27-16-8-7-12(10-15(16)20)9-14-17(23)21-22(18(14)24)13-5-3-2-4-6-13/h2-11H,1H3,(H,21,23)(H,25,26). The van der Waals surface area contributed by atoms with Crippen molar-refractivity contribution in [3.63, 3.8) is 0 Å². The van der Waals surface area contributed by atoms with E-state index < -0.39 is 23.9 Å². The molecule has 8 heteroatoms. The van der Waals surface area contributed by atoms with Crippen LogP contribution >= 0.6 is 15.9 Å². The Morgan fingerprint density at radius 3 is 2.56 bits per heavy atom. The molecule has 0 bridgehead atoms. The van der Waals surface area contributed by atoms with E-state index in [2.05, 4.69) is 21.4 Å². The molecule has 0 aromatic heterocycles. The van der Waals surface area contributed by atoms with Crippen molar-refractivity contribution < 1.29 is 24.2 Å². The molecule has 0 spiro atoms. The quantitative estimate of drug-likeness (QED) is 0.561. The Labute approximate surface area is 163 Å². The lowest BCUT2D eigenvalue weighted by Gasteiger charge is -2.14. The molecular formula is C19H15BrN2O5. The van der Waals surface area contributed by atoms with E-state index in [1.165, 1.54) is 18.0 Å². The Bertz CT molecular complexity index is 942. The van der Waals surface area contributed by atoms with Crippen LogP contribution in [0.1, 0.15) is 12.5 Å². The second-order valence-corrected chi connectivity index (χ2v) is 6.62. The van der Waals surface area contributed by atoms with Crippen LogP contribution in [-0.4, -0.2) is 29.0 Å². The first-order valence-corrected chi connectivity index (χ1v) is 8.77. The zero-order chi connectivity index (χ0) is 19.6. The Kier molecular flexibility index (Phi) is 5.27. The van der Waals surface area contributed by atoms with Crippen molar-refractivity contribution in [1.29, 1.82) is 0 Å². The maximum atomic E-state index is 12.6. The molecule has 7 nitrogen and oxygen atoms in total. The summed E-state index contributed by atoms with van der Waals surface area (Å²) in [6, 6.07) is 13.6. The first-order chi connectivity index (χ1) is 12.9. The van der Waals surface area contributed by atoms with Gasteiger partial charge in [0.2, 0.25) is 0 Å². The minimum absolute atomic E-state index is 0.00155. The summed E-state index contributed by atoms with van der Waals surface area (Å²) in [6.45, 7) is 1.42. The fraction of sp³-hybridized carbons (Fsp3) is 0.105. The normalized spacial score (nSPS) is 16.4. The van der Waals surface area contributed by atoms with Crippen LogP contribution in [0, 0.1) is 0 Å². The van der Waals surface area contributed by atoms with Crippen molar-refractivity contribution in [3.8, 4) is 5.75 Å². The lowest BCUT2D eigenvalue weighted by atomic mass is 10.1. The Balaban J connectivity index is 1.84. The first kappa shape index (κ1) is 18.7. The molecule has 2 aromatic carbocycles. The lowest BCUT2D eigenvalue weighted by molar-refractivity contribution is -0.144. The number of rotatable bonds is 5. The number of nitrogens with one attached hydrogen (secondary N) is 1. The van der Waals surface area contributed by atoms with Crippen molar-refractivity contribution in [3.05, 3.63) is 64.1 Å². The van der Waals surface area contributed by atoms with Crippen LogP contribution in [-0.2, 0) is 14.4 Å². The van der Waals surface area contributed by atoms with E-state index in [-0.39, 0.29) is 5.57 Å². The van der Waals surface area contributed by atoms with E-state index in [0.717, 1.165) is 0 Å². The van der Waals surface area contributed by atoms with Crippen LogP contribution in [0.2, 0.25) is 0 Å². The van der Waals surface area contributed by atoms with Gasteiger partial charge in [0.15, 0.2) is 6.10 Å². The predicted octanol–water partition coefficient (Wildman–Crippen LogP) is 2.76. The summed E-state index contributed by atoms with van der Waals surface area (Å²) < 4.78 is 5.84. The number of aliphatic carboxylic acids is 1. The highest BCUT2D eigenvalue weighted by atomic mass is 79.9. The third-order valence-corrected chi connectivity index (χ3v) is 4.44. The van der Waals surface area contributed by atoms with Crippen LogP contribution in [0.3, 0.4) is 0 Å². The van der Waals surface area contributed by atoms with E-state index in [0.29, 0.717) is 21.5 Å². The molecule has 1 saturated heterocycles. The number of carbonyl (C=O) groups is 3. The molecule has 1 aliphatic rings. The van der Waals surface area contributed by atoms with Gasteiger partial charge in [-0.25, -0.2) is 9.80 Å². The molecule has 0 saturated carbocycles. The minimum Gasteiger partial charge on any atom is -0.479 e. The van der Waals surface area contributed by atoms with Gasteiger partial charge in [-0.05, 0) is 58.8 Å². The van der Waals surface area contributed by atoms with Crippen LogP contribution < -0.4 is 15.2 Å². The number of benzene rings is 2. The van der Waals surface area contributed by atoms with Gasteiger partial charge in [0.05, 0.1) is 10.2 Å². The number of para-hydroxylation sites is 1. The van der Waals surface area contributed by atoms with E-state index in [4.69, 9.17) is 9.84 Å². The third kappa shape index (κ3) is 4.01. The molecule has 0 aliphatic carbocycles. The van der Waals surface area contributed by atoms with Gasteiger partial charge in [-0.15, -0.1) is 0 Å². The molecular weight excluding hydrogens is 416 g/mol. The number of anilines is 1. The molecule has 1 atom stereocenters. The second-order valence-electron chi connectivity index (χ2n) is 5.76. The maximum absolute atomic E-state index is 12.6. The molecule has 2 N–H and O–H groups in total. The average Bonchev–Trinajstić information content (AvgIpc) is 2.92. The molecule has 2 aromatic rings. The molecule has 2 amide bonds. The van der Waals surface area contributed by atoms with Gasteiger partial charge >= 0.3 is 5.97 Å². The van der Waals surface area contributed by atoms with Gasteiger partial charge < -0.3 is 9.84 Å². The van der Waals surface area contributed by atoms with Gasteiger partial charge in [-0.3, -0.25) is 15.0 Å². The number of hydrogen-bond donors (Lipinski definition) is 2. The first-order valence-electron chi connectivity index (χ1n) is 7.98. The Hall–Kier alpha value is -3.13. The van der Waals surface area contributed by atoms with Gasteiger partial charge in [0, 0.05) is 0 Å².